The normalized spacial score (nSPS) is 23.9. The molecule has 1 N–H and O–H groups in total. The summed E-state index contributed by atoms with van der Waals surface area (Å²) in [7, 11) is -3.56. The quantitative estimate of drug-likeness (QED) is 0.660. The predicted octanol–water partition coefficient (Wildman–Crippen LogP) is 2.00. The van der Waals surface area contributed by atoms with Gasteiger partial charge in [0, 0.05) is 25.2 Å². The highest BCUT2D eigenvalue weighted by atomic mass is 32.2. The van der Waals surface area contributed by atoms with Crippen LogP contribution in [0.3, 0.4) is 0 Å². The van der Waals surface area contributed by atoms with E-state index in [1.807, 2.05) is 0 Å². The number of nitrogens with one attached hydrogen (secondary N) is 1. The fourth-order valence-corrected chi connectivity index (χ4v) is 5.23. The summed E-state index contributed by atoms with van der Waals surface area (Å²) in [6.07, 6.45) is 4.20. The van der Waals surface area contributed by atoms with Gasteiger partial charge >= 0.3 is 0 Å². The molecule has 132 valence electrons. The van der Waals surface area contributed by atoms with Crippen LogP contribution in [0.5, 0.6) is 0 Å². The van der Waals surface area contributed by atoms with Gasteiger partial charge in [0.2, 0.25) is 10.0 Å². The number of hydrogen-bond donors (Lipinski definition) is 1. The van der Waals surface area contributed by atoms with Crippen LogP contribution in [0.25, 0.3) is 0 Å². The minimum absolute atomic E-state index is 0.0996. The van der Waals surface area contributed by atoms with Gasteiger partial charge in [-0.15, -0.1) is 0 Å². The Balaban J connectivity index is 1.65. The number of nitrogens with zero attached hydrogens (tertiary/aromatic N) is 2. The third-order valence-corrected chi connectivity index (χ3v) is 7.10. The number of benzene rings is 1. The molecule has 0 amide bonds. The zero-order valence-corrected chi connectivity index (χ0v) is 14.4. The van der Waals surface area contributed by atoms with Gasteiger partial charge in [-0.05, 0) is 62.7 Å². The number of rotatable bonds is 4. The van der Waals surface area contributed by atoms with Crippen LogP contribution in [0.4, 0.5) is 5.69 Å². The number of piperidine rings is 2. The first kappa shape index (κ1) is 17.3. The van der Waals surface area contributed by atoms with Crippen LogP contribution >= 0.6 is 0 Å². The average molecular weight is 353 g/mol. The second kappa shape index (κ2) is 7.16. The van der Waals surface area contributed by atoms with E-state index in [1.54, 1.807) is 0 Å². The van der Waals surface area contributed by atoms with Gasteiger partial charge in [0.05, 0.1) is 9.82 Å². The van der Waals surface area contributed by atoms with Gasteiger partial charge in [-0.1, -0.05) is 0 Å². The summed E-state index contributed by atoms with van der Waals surface area (Å²) >= 11 is 0. The van der Waals surface area contributed by atoms with E-state index in [0.29, 0.717) is 24.9 Å². The van der Waals surface area contributed by atoms with Gasteiger partial charge in [0.1, 0.15) is 0 Å². The minimum atomic E-state index is -3.56. The molecule has 8 heteroatoms. The Morgan fingerprint density at radius 1 is 1.08 bits per heavy atom. The van der Waals surface area contributed by atoms with Crippen molar-refractivity contribution in [3.8, 4) is 0 Å². The minimum Gasteiger partial charge on any atom is -0.316 e. The van der Waals surface area contributed by atoms with E-state index in [9.17, 15) is 18.5 Å². The molecule has 0 saturated carbocycles. The van der Waals surface area contributed by atoms with E-state index in [0.717, 1.165) is 25.9 Å². The zero-order chi connectivity index (χ0) is 17.2. The average Bonchev–Trinajstić information content (AvgIpc) is 2.62. The first-order valence-electron chi connectivity index (χ1n) is 8.44. The Bertz CT molecular complexity index is 676. The van der Waals surface area contributed by atoms with Crippen molar-refractivity contribution in [1.29, 1.82) is 0 Å². The monoisotopic (exact) mass is 353 g/mol. The molecule has 2 aliphatic rings. The highest BCUT2D eigenvalue weighted by molar-refractivity contribution is 7.89. The maximum absolute atomic E-state index is 12.7. The summed E-state index contributed by atoms with van der Waals surface area (Å²) in [4.78, 5) is 10.3. The number of nitro benzene ring substituents is 1. The zero-order valence-electron chi connectivity index (χ0n) is 13.6. The van der Waals surface area contributed by atoms with Crippen LogP contribution in [-0.2, 0) is 10.0 Å². The smallest absolute Gasteiger partial charge is 0.269 e. The number of nitro groups is 1. The van der Waals surface area contributed by atoms with E-state index in [1.165, 1.54) is 41.4 Å². The van der Waals surface area contributed by atoms with Gasteiger partial charge in [0.15, 0.2) is 0 Å². The van der Waals surface area contributed by atoms with Crippen molar-refractivity contribution in [2.24, 2.45) is 11.8 Å². The fraction of sp³-hybridized carbons (Fsp3) is 0.625. The third kappa shape index (κ3) is 3.60. The van der Waals surface area contributed by atoms with Crippen molar-refractivity contribution in [3.05, 3.63) is 34.4 Å². The Hall–Kier alpha value is -1.51. The lowest BCUT2D eigenvalue weighted by atomic mass is 9.81. The summed E-state index contributed by atoms with van der Waals surface area (Å²) in [5.41, 5.74) is -0.0996. The summed E-state index contributed by atoms with van der Waals surface area (Å²) in [6.45, 7) is 3.19. The van der Waals surface area contributed by atoms with Gasteiger partial charge in [-0.25, -0.2) is 8.42 Å². The van der Waals surface area contributed by atoms with Crippen LogP contribution in [0.1, 0.15) is 25.7 Å². The van der Waals surface area contributed by atoms with Crippen molar-refractivity contribution in [1.82, 2.24) is 9.62 Å². The molecule has 1 unspecified atom stereocenters. The molecular formula is C16H23N3O4S. The molecule has 2 saturated heterocycles. The fourth-order valence-electron chi connectivity index (χ4n) is 3.76. The maximum atomic E-state index is 12.7. The molecule has 0 spiro atoms. The van der Waals surface area contributed by atoms with Gasteiger partial charge in [-0.2, -0.15) is 4.31 Å². The second-order valence-electron chi connectivity index (χ2n) is 6.60. The van der Waals surface area contributed by atoms with Crippen molar-refractivity contribution in [3.63, 3.8) is 0 Å². The number of non-ortho nitro benzene ring substituents is 1. The standard InChI is InChI=1S/C16H23N3O4S/c20-19(21)15-3-5-16(6-4-15)24(22,23)18-10-7-13(8-11-18)14-2-1-9-17-12-14/h3-6,13-14,17H,1-2,7-12H2. The molecule has 24 heavy (non-hydrogen) atoms. The van der Waals surface area contributed by atoms with Crippen molar-refractivity contribution < 1.29 is 13.3 Å². The highest BCUT2D eigenvalue weighted by Crippen LogP contribution is 2.31. The SMILES string of the molecule is O=[N+]([O-])c1ccc(S(=O)(=O)N2CCC(C3CCCNC3)CC2)cc1. The summed E-state index contributed by atoms with van der Waals surface area (Å²) in [5, 5.41) is 14.1. The Morgan fingerprint density at radius 3 is 2.29 bits per heavy atom. The molecule has 2 fully saturated rings. The van der Waals surface area contributed by atoms with E-state index in [4.69, 9.17) is 0 Å². The predicted molar refractivity (Wildman–Crippen MR) is 90.2 cm³/mol. The van der Waals surface area contributed by atoms with E-state index >= 15 is 0 Å². The highest BCUT2D eigenvalue weighted by Gasteiger charge is 2.33. The third-order valence-electron chi connectivity index (χ3n) is 5.19. The lowest BCUT2D eigenvalue weighted by Gasteiger charge is -2.37. The number of sulfonamides is 1. The summed E-state index contributed by atoms with van der Waals surface area (Å²) < 4.78 is 26.9. The van der Waals surface area contributed by atoms with E-state index < -0.39 is 14.9 Å². The van der Waals surface area contributed by atoms with Crippen LogP contribution in [0.15, 0.2) is 29.2 Å². The molecule has 2 heterocycles. The molecular weight excluding hydrogens is 330 g/mol. The van der Waals surface area contributed by atoms with Crippen LogP contribution in [0, 0.1) is 22.0 Å². The topological polar surface area (TPSA) is 92.5 Å². The molecule has 0 radical (unpaired) electrons. The van der Waals surface area contributed by atoms with E-state index in [2.05, 4.69) is 5.32 Å². The van der Waals surface area contributed by atoms with Gasteiger partial charge in [-0.3, -0.25) is 10.1 Å². The second-order valence-corrected chi connectivity index (χ2v) is 8.54. The molecule has 1 aromatic carbocycles. The van der Waals surface area contributed by atoms with Crippen molar-refractivity contribution >= 4 is 15.7 Å². The molecule has 7 nitrogen and oxygen atoms in total. The first-order chi connectivity index (χ1) is 11.5. The van der Waals surface area contributed by atoms with Crippen LogP contribution < -0.4 is 5.32 Å². The largest absolute Gasteiger partial charge is 0.316 e. The summed E-state index contributed by atoms with van der Waals surface area (Å²) in [5.74, 6) is 1.24. The molecule has 2 aliphatic heterocycles. The first-order valence-corrected chi connectivity index (χ1v) is 9.88. The van der Waals surface area contributed by atoms with Crippen molar-refractivity contribution in [2.75, 3.05) is 26.2 Å². The van der Waals surface area contributed by atoms with Gasteiger partial charge < -0.3 is 5.32 Å². The lowest BCUT2D eigenvalue weighted by Crippen LogP contribution is -2.43. The Labute approximate surface area is 142 Å². The summed E-state index contributed by atoms with van der Waals surface area (Å²) in [6, 6.07) is 5.13. The van der Waals surface area contributed by atoms with Crippen LogP contribution in [-0.4, -0.2) is 43.8 Å². The van der Waals surface area contributed by atoms with Crippen LogP contribution in [0.2, 0.25) is 0 Å². The Morgan fingerprint density at radius 2 is 1.75 bits per heavy atom. The molecule has 0 aliphatic carbocycles. The molecule has 1 atom stereocenters. The molecule has 3 rings (SSSR count). The maximum Gasteiger partial charge on any atom is 0.269 e. The number of hydrogen-bond acceptors (Lipinski definition) is 5. The van der Waals surface area contributed by atoms with Gasteiger partial charge in [0.25, 0.3) is 5.69 Å². The van der Waals surface area contributed by atoms with E-state index in [-0.39, 0.29) is 10.6 Å². The Kier molecular flexibility index (Phi) is 5.17. The molecule has 1 aromatic rings. The van der Waals surface area contributed by atoms with Crippen molar-refractivity contribution in [2.45, 2.75) is 30.6 Å². The lowest BCUT2D eigenvalue weighted by molar-refractivity contribution is -0.384. The molecule has 0 aromatic heterocycles. The molecule has 0 bridgehead atoms.